The van der Waals surface area contributed by atoms with Crippen LogP contribution in [0.4, 0.5) is 0 Å². The number of amides is 2. The molecular weight excluding hydrogens is 344 g/mol. The summed E-state index contributed by atoms with van der Waals surface area (Å²) in [5.41, 5.74) is 6.29. The van der Waals surface area contributed by atoms with Crippen LogP contribution >= 0.6 is 0 Å². The molecule has 4 rings (SSSR count). The second-order valence-electron chi connectivity index (χ2n) is 8.25. The molecule has 7 heteroatoms. The minimum absolute atomic E-state index is 0.144. The molecule has 2 aliphatic carbocycles. The van der Waals surface area contributed by atoms with E-state index in [0.717, 1.165) is 31.5 Å². The fourth-order valence-corrected chi connectivity index (χ4v) is 3.77. The highest BCUT2D eigenvalue weighted by atomic mass is 16.5. The molecule has 0 spiro atoms. The Balaban J connectivity index is 1.51. The molecule has 0 aromatic carbocycles. The molecule has 3 fully saturated rings. The van der Waals surface area contributed by atoms with Crippen LogP contribution in [-0.4, -0.2) is 42.0 Å². The van der Waals surface area contributed by atoms with Crippen LogP contribution in [0.15, 0.2) is 12.1 Å². The smallest absolute Gasteiger partial charge is 0.270 e. The van der Waals surface area contributed by atoms with Crippen LogP contribution in [0.25, 0.3) is 0 Å². The Labute approximate surface area is 159 Å². The maximum Gasteiger partial charge on any atom is 0.270 e. The first-order chi connectivity index (χ1) is 13.0. The van der Waals surface area contributed by atoms with Crippen molar-refractivity contribution in [3.8, 4) is 5.88 Å². The average Bonchev–Trinajstić information content (AvgIpc) is 3.54. The number of pyridine rings is 1. The van der Waals surface area contributed by atoms with Gasteiger partial charge in [-0.15, -0.1) is 0 Å². The summed E-state index contributed by atoms with van der Waals surface area (Å²) in [7, 11) is 0. The van der Waals surface area contributed by atoms with Crippen molar-refractivity contribution in [2.45, 2.75) is 56.4 Å². The SMILES string of the molecule is NC(=O)CC1(NC(=O)c2ccc(C3CC3)c(OCC3CC3)n2)CCNCC1. The van der Waals surface area contributed by atoms with Crippen LogP contribution in [0.2, 0.25) is 0 Å². The first-order valence-corrected chi connectivity index (χ1v) is 10.00. The molecule has 2 amide bonds. The summed E-state index contributed by atoms with van der Waals surface area (Å²) in [6.45, 7) is 2.17. The lowest BCUT2D eigenvalue weighted by Gasteiger charge is -2.37. The van der Waals surface area contributed by atoms with Gasteiger partial charge >= 0.3 is 0 Å². The number of carbonyl (C=O) groups is 2. The maximum absolute atomic E-state index is 12.9. The topological polar surface area (TPSA) is 106 Å². The summed E-state index contributed by atoms with van der Waals surface area (Å²) >= 11 is 0. The number of nitrogens with zero attached hydrogens (tertiary/aromatic N) is 1. The third-order valence-corrected chi connectivity index (χ3v) is 5.74. The summed E-state index contributed by atoms with van der Waals surface area (Å²) in [6.07, 6.45) is 6.22. The van der Waals surface area contributed by atoms with Crippen molar-refractivity contribution in [1.29, 1.82) is 0 Å². The Hall–Kier alpha value is -2.15. The van der Waals surface area contributed by atoms with Crippen LogP contribution in [-0.2, 0) is 4.79 Å². The minimum Gasteiger partial charge on any atom is -0.477 e. The normalized spacial score (nSPS) is 21.5. The molecule has 0 bridgehead atoms. The second-order valence-corrected chi connectivity index (χ2v) is 8.25. The number of piperidine rings is 1. The third kappa shape index (κ3) is 4.58. The van der Waals surface area contributed by atoms with Crippen LogP contribution in [0.5, 0.6) is 5.88 Å². The van der Waals surface area contributed by atoms with Crippen LogP contribution in [0.3, 0.4) is 0 Å². The number of rotatable bonds is 8. The fraction of sp³-hybridized carbons (Fsp3) is 0.650. The van der Waals surface area contributed by atoms with E-state index in [1.54, 1.807) is 6.07 Å². The highest BCUT2D eigenvalue weighted by Crippen LogP contribution is 2.44. The fourth-order valence-electron chi connectivity index (χ4n) is 3.77. The number of primary amides is 1. The van der Waals surface area contributed by atoms with Crippen molar-refractivity contribution in [3.63, 3.8) is 0 Å². The third-order valence-electron chi connectivity index (χ3n) is 5.74. The van der Waals surface area contributed by atoms with E-state index in [1.807, 2.05) is 6.07 Å². The van der Waals surface area contributed by atoms with Gasteiger partial charge in [-0.25, -0.2) is 4.98 Å². The van der Waals surface area contributed by atoms with Gasteiger partial charge in [0, 0.05) is 12.0 Å². The maximum atomic E-state index is 12.9. The van der Waals surface area contributed by atoms with Crippen molar-refractivity contribution < 1.29 is 14.3 Å². The van der Waals surface area contributed by atoms with Crippen molar-refractivity contribution in [2.75, 3.05) is 19.7 Å². The summed E-state index contributed by atoms with van der Waals surface area (Å²) in [4.78, 5) is 29.0. The van der Waals surface area contributed by atoms with Crippen molar-refractivity contribution >= 4 is 11.8 Å². The number of ether oxygens (including phenoxy) is 1. The van der Waals surface area contributed by atoms with Crippen LogP contribution < -0.4 is 21.1 Å². The van der Waals surface area contributed by atoms with Gasteiger partial charge in [0.2, 0.25) is 11.8 Å². The predicted octanol–water partition coefficient (Wildman–Crippen LogP) is 1.48. The summed E-state index contributed by atoms with van der Waals surface area (Å²) < 4.78 is 5.96. The second kappa shape index (κ2) is 7.46. The molecule has 7 nitrogen and oxygen atoms in total. The summed E-state index contributed by atoms with van der Waals surface area (Å²) in [5.74, 6) is 1.07. The number of aromatic nitrogens is 1. The number of hydrogen-bond acceptors (Lipinski definition) is 5. The Morgan fingerprint density at radius 3 is 2.59 bits per heavy atom. The first kappa shape index (κ1) is 18.2. The van der Waals surface area contributed by atoms with E-state index in [1.165, 1.54) is 12.8 Å². The van der Waals surface area contributed by atoms with E-state index in [-0.39, 0.29) is 12.3 Å². The van der Waals surface area contributed by atoms with Gasteiger partial charge in [-0.05, 0) is 69.5 Å². The quantitative estimate of drug-likeness (QED) is 0.641. The van der Waals surface area contributed by atoms with Gasteiger partial charge in [0.15, 0.2) is 0 Å². The first-order valence-electron chi connectivity index (χ1n) is 10.00. The molecule has 3 aliphatic rings. The molecule has 27 heavy (non-hydrogen) atoms. The Kier molecular flexibility index (Phi) is 5.04. The van der Waals surface area contributed by atoms with Gasteiger partial charge in [0.25, 0.3) is 5.91 Å². The monoisotopic (exact) mass is 372 g/mol. The van der Waals surface area contributed by atoms with Gasteiger partial charge in [-0.2, -0.15) is 0 Å². The average molecular weight is 372 g/mol. The Bertz CT molecular complexity index is 722. The highest BCUT2D eigenvalue weighted by molar-refractivity contribution is 5.93. The molecule has 146 valence electrons. The van der Waals surface area contributed by atoms with E-state index in [9.17, 15) is 9.59 Å². The summed E-state index contributed by atoms with van der Waals surface area (Å²) in [5, 5.41) is 6.31. The molecule has 1 aliphatic heterocycles. The van der Waals surface area contributed by atoms with E-state index >= 15 is 0 Å². The zero-order chi connectivity index (χ0) is 18.9. The molecule has 1 aromatic rings. The number of nitrogens with two attached hydrogens (primary N) is 1. The van der Waals surface area contributed by atoms with Crippen molar-refractivity contribution in [2.24, 2.45) is 11.7 Å². The standard InChI is InChI=1S/C20H28N4O3/c21-17(25)11-20(7-9-22-10-8-20)24-18(26)16-6-5-15(14-3-4-14)19(23-16)27-12-13-1-2-13/h5-6,13-14,22H,1-4,7-12H2,(H2,21,25)(H,24,26). The zero-order valence-electron chi connectivity index (χ0n) is 15.6. The van der Waals surface area contributed by atoms with Crippen molar-refractivity contribution in [1.82, 2.24) is 15.6 Å². The number of carbonyl (C=O) groups excluding carboxylic acids is 2. The van der Waals surface area contributed by atoms with Crippen LogP contribution in [0, 0.1) is 5.92 Å². The van der Waals surface area contributed by atoms with E-state index in [4.69, 9.17) is 10.5 Å². The zero-order valence-corrected chi connectivity index (χ0v) is 15.6. The molecule has 0 atom stereocenters. The molecule has 2 heterocycles. The van der Waals surface area contributed by atoms with Gasteiger partial charge in [-0.1, -0.05) is 6.07 Å². The molecule has 1 aromatic heterocycles. The van der Waals surface area contributed by atoms with E-state index in [2.05, 4.69) is 15.6 Å². The van der Waals surface area contributed by atoms with Gasteiger partial charge < -0.3 is 21.1 Å². The van der Waals surface area contributed by atoms with Gasteiger partial charge in [0.1, 0.15) is 5.69 Å². The van der Waals surface area contributed by atoms with E-state index in [0.29, 0.717) is 42.9 Å². The lowest BCUT2D eigenvalue weighted by atomic mass is 9.84. The molecular formula is C20H28N4O3. The molecule has 1 saturated heterocycles. The highest BCUT2D eigenvalue weighted by Gasteiger charge is 2.36. The lowest BCUT2D eigenvalue weighted by Crippen LogP contribution is -2.56. The van der Waals surface area contributed by atoms with Crippen molar-refractivity contribution in [3.05, 3.63) is 23.4 Å². The number of hydrogen-bond donors (Lipinski definition) is 3. The predicted molar refractivity (Wildman–Crippen MR) is 101 cm³/mol. The lowest BCUT2D eigenvalue weighted by molar-refractivity contribution is -0.119. The molecule has 0 radical (unpaired) electrons. The van der Waals surface area contributed by atoms with Crippen LogP contribution in [0.1, 0.15) is 66.9 Å². The van der Waals surface area contributed by atoms with Gasteiger partial charge in [0.05, 0.1) is 12.1 Å². The molecule has 0 unspecified atom stereocenters. The minimum atomic E-state index is -0.597. The largest absolute Gasteiger partial charge is 0.477 e. The Morgan fingerprint density at radius 2 is 1.96 bits per heavy atom. The summed E-state index contributed by atoms with van der Waals surface area (Å²) in [6, 6.07) is 3.75. The number of nitrogens with one attached hydrogen (secondary N) is 2. The molecule has 2 saturated carbocycles. The molecule has 4 N–H and O–H groups in total. The Morgan fingerprint density at radius 1 is 1.22 bits per heavy atom. The van der Waals surface area contributed by atoms with E-state index < -0.39 is 11.4 Å². The van der Waals surface area contributed by atoms with Gasteiger partial charge in [-0.3, -0.25) is 9.59 Å².